The van der Waals surface area contributed by atoms with Gasteiger partial charge in [-0.25, -0.2) is 9.18 Å². The molecule has 0 heterocycles. The molecular weight excluding hydrogens is 307 g/mol. The van der Waals surface area contributed by atoms with Crippen LogP contribution in [-0.2, 0) is 4.74 Å². The van der Waals surface area contributed by atoms with Crippen molar-refractivity contribution in [2.24, 2.45) is 0 Å². The monoisotopic (exact) mass is 310 g/mol. The van der Waals surface area contributed by atoms with Gasteiger partial charge in [-0.1, -0.05) is 0 Å². The Hall–Kier alpha value is -0.420. The standard InChI is InChI=1S/C8H5Br2FO2/c1-13-8(12)6-5(11)3-2-4(9)7(6)10/h2-3H,1H3. The van der Waals surface area contributed by atoms with E-state index in [0.29, 0.717) is 8.95 Å². The lowest BCUT2D eigenvalue weighted by Crippen LogP contribution is -2.05. The van der Waals surface area contributed by atoms with Crippen LogP contribution < -0.4 is 0 Å². The number of carbonyl (C=O) groups excluding carboxylic acids is 1. The number of rotatable bonds is 1. The fraction of sp³-hybridized carbons (Fsp3) is 0.125. The average molecular weight is 312 g/mol. The van der Waals surface area contributed by atoms with Crippen LogP contribution in [0.3, 0.4) is 0 Å². The third kappa shape index (κ3) is 2.08. The molecule has 0 saturated heterocycles. The van der Waals surface area contributed by atoms with E-state index in [1.807, 2.05) is 0 Å². The molecule has 0 amide bonds. The topological polar surface area (TPSA) is 26.3 Å². The maximum Gasteiger partial charge on any atom is 0.342 e. The van der Waals surface area contributed by atoms with E-state index in [9.17, 15) is 9.18 Å². The minimum Gasteiger partial charge on any atom is -0.465 e. The Labute approximate surface area is 91.3 Å². The fourth-order valence-electron chi connectivity index (χ4n) is 0.816. The molecule has 0 fully saturated rings. The number of esters is 1. The summed E-state index contributed by atoms with van der Waals surface area (Å²) in [6.07, 6.45) is 0. The first kappa shape index (κ1) is 10.7. The molecule has 5 heteroatoms. The van der Waals surface area contributed by atoms with E-state index in [1.165, 1.54) is 19.2 Å². The highest BCUT2D eigenvalue weighted by molar-refractivity contribution is 9.13. The number of ether oxygens (including phenoxy) is 1. The van der Waals surface area contributed by atoms with Gasteiger partial charge in [0.25, 0.3) is 0 Å². The molecule has 0 bridgehead atoms. The summed E-state index contributed by atoms with van der Waals surface area (Å²) >= 11 is 6.24. The second-order valence-corrected chi connectivity index (χ2v) is 3.86. The van der Waals surface area contributed by atoms with Crippen molar-refractivity contribution in [3.8, 4) is 0 Å². The van der Waals surface area contributed by atoms with Crippen LogP contribution in [0.25, 0.3) is 0 Å². The Morgan fingerprint density at radius 1 is 1.46 bits per heavy atom. The van der Waals surface area contributed by atoms with Crippen molar-refractivity contribution in [1.82, 2.24) is 0 Å². The molecule has 0 N–H and O–H groups in total. The van der Waals surface area contributed by atoms with Crippen molar-refractivity contribution >= 4 is 37.8 Å². The van der Waals surface area contributed by atoms with Crippen LogP contribution in [0, 0.1) is 5.82 Å². The van der Waals surface area contributed by atoms with Crippen LogP contribution in [0.4, 0.5) is 4.39 Å². The van der Waals surface area contributed by atoms with Crippen LogP contribution >= 0.6 is 31.9 Å². The lowest BCUT2D eigenvalue weighted by Gasteiger charge is -2.04. The minimum atomic E-state index is -0.703. The first-order chi connectivity index (χ1) is 6.07. The molecule has 0 spiro atoms. The van der Waals surface area contributed by atoms with Crippen LogP contribution in [0.2, 0.25) is 0 Å². The van der Waals surface area contributed by atoms with Crippen LogP contribution in [0.1, 0.15) is 10.4 Å². The van der Waals surface area contributed by atoms with Gasteiger partial charge >= 0.3 is 5.97 Å². The second-order valence-electron chi connectivity index (χ2n) is 2.21. The van der Waals surface area contributed by atoms with Gasteiger partial charge < -0.3 is 4.74 Å². The van der Waals surface area contributed by atoms with Crippen molar-refractivity contribution < 1.29 is 13.9 Å². The number of carbonyl (C=O) groups is 1. The Kier molecular flexibility index (Phi) is 3.44. The van der Waals surface area contributed by atoms with Gasteiger partial charge in [-0.3, -0.25) is 0 Å². The highest BCUT2D eigenvalue weighted by Crippen LogP contribution is 2.29. The Morgan fingerprint density at radius 3 is 2.62 bits per heavy atom. The van der Waals surface area contributed by atoms with Gasteiger partial charge in [-0.2, -0.15) is 0 Å². The molecule has 0 aromatic heterocycles. The quantitative estimate of drug-likeness (QED) is 0.588. The van der Waals surface area contributed by atoms with Crippen LogP contribution in [0.15, 0.2) is 21.1 Å². The van der Waals surface area contributed by atoms with Gasteiger partial charge in [-0.05, 0) is 44.0 Å². The van der Waals surface area contributed by atoms with Gasteiger partial charge in [0, 0.05) is 8.95 Å². The highest BCUT2D eigenvalue weighted by atomic mass is 79.9. The van der Waals surface area contributed by atoms with E-state index >= 15 is 0 Å². The maximum atomic E-state index is 13.1. The lowest BCUT2D eigenvalue weighted by atomic mass is 10.2. The summed E-state index contributed by atoms with van der Waals surface area (Å²) in [5.74, 6) is -1.31. The molecule has 0 radical (unpaired) electrons. The van der Waals surface area contributed by atoms with E-state index in [4.69, 9.17) is 0 Å². The number of hydrogen-bond acceptors (Lipinski definition) is 2. The van der Waals surface area contributed by atoms with Crippen molar-refractivity contribution in [1.29, 1.82) is 0 Å². The summed E-state index contributed by atoms with van der Waals surface area (Å²) in [5.41, 5.74) is -0.100. The van der Waals surface area contributed by atoms with Crippen molar-refractivity contribution in [3.05, 3.63) is 32.5 Å². The van der Waals surface area contributed by atoms with Crippen LogP contribution in [0.5, 0.6) is 0 Å². The zero-order valence-electron chi connectivity index (χ0n) is 6.61. The van der Waals surface area contributed by atoms with E-state index in [-0.39, 0.29) is 5.56 Å². The van der Waals surface area contributed by atoms with E-state index < -0.39 is 11.8 Å². The Bertz CT molecular complexity index is 352. The molecule has 70 valence electrons. The fourth-order valence-corrected chi connectivity index (χ4v) is 1.63. The first-order valence-electron chi connectivity index (χ1n) is 3.29. The second kappa shape index (κ2) is 4.19. The summed E-state index contributed by atoms with van der Waals surface area (Å²) in [4.78, 5) is 11.1. The molecule has 0 aliphatic rings. The molecule has 0 unspecified atom stereocenters. The molecular formula is C8H5Br2FO2. The van der Waals surface area contributed by atoms with Crippen molar-refractivity contribution in [3.63, 3.8) is 0 Å². The summed E-state index contributed by atoms with van der Waals surface area (Å²) in [7, 11) is 1.20. The largest absolute Gasteiger partial charge is 0.465 e. The average Bonchev–Trinajstić information content (AvgIpc) is 2.12. The predicted molar refractivity (Wildman–Crippen MR) is 53.1 cm³/mol. The number of benzene rings is 1. The van der Waals surface area contributed by atoms with Crippen molar-refractivity contribution in [2.45, 2.75) is 0 Å². The molecule has 13 heavy (non-hydrogen) atoms. The van der Waals surface area contributed by atoms with Gasteiger partial charge in [0.1, 0.15) is 11.4 Å². The smallest absolute Gasteiger partial charge is 0.342 e. The van der Waals surface area contributed by atoms with E-state index in [2.05, 4.69) is 36.6 Å². The lowest BCUT2D eigenvalue weighted by molar-refractivity contribution is 0.0594. The molecule has 2 nitrogen and oxygen atoms in total. The normalized spacial score (nSPS) is 9.85. The van der Waals surface area contributed by atoms with Gasteiger partial charge in [0.15, 0.2) is 0 Å². The number of halogens is 3. The summed E-state index contributed by atoms with van der Waals surface area (Å²) in [6, 6.07) is 2.70. The van der Waals surface area contributed by atoms with Crippen LogP contribution in [-0.4, -0.2) is 13.1 Å². The summed E-state index contributed by atoms with van der Waals surface area (Å²) in [5, 5.41) is 0. The van der Waals surface area contributed by atoms with Gasteiger partial charge in [0.2, 0.25) is 0 Å². The van der Waals surface area contributed by atoms with Gasteiger partial charge in [0.05, 0.1) is 7.11 Å². The van der Waals surface area contributed by atoms with E-state index in [0.717, 1.165) is 0 Å². The molecule has 1 aromatic rings. The summed E-state index contributed by atoms with van der Waals surface area (Å²) < 4.78 is 18.5. The zero-order chi connectivity index (χ0) is 10.0. The van der Waals surface area contributed by atoms with E-state index in [1.54, 1.807) is 0 Å². The SMILES string of the molecule is COC(=O)c1c(F)ccc(Br)c1Br. The number of hydrogen-bond donors (Lipinski definition) is 0. The predicted octanol–water partition coefficient (Wildman–Crippen LogP) is 3.14. The third-order valence-corrected chi connectivity index (χ3v) is 3.45. The summed E-state index contributed by atoms with van der Waals surface area (Å²) in [6.45, 7) is 0. The van der Waals surface area contributed by atoms with Gasteiger partial charge in [-0.15, -0.1) is 0 Å². The maximum absolute atomic E-state index is 13.1. The molecule has 0 atom stereocenters. The highest BCUT2D eigenvalue weighted by Gasteiger charge is 2.17. The zero-order valence-corrected chi connectivity index (χ0v) is 9.78. The first-order valence-corrected chi connectivity index (χ1v) is 4.88. The molecule has 1 aromatic carbocycles. The molecule has 0 saturated carbocycles. The molecule has 0 aliphatic carbocycles. The minimum absolute atomic E-state index is 0.100. The Balaban J connectivity index is 3.33. The molecule has 0 aliphatic heterocycles. The third-order valence-electron chi connectivity index (χ3n) is 1.43. The number of methoxy groups -OCH3 is 1. The van der Waals surface area contributed by atoms with Crippen molar-refractivity contribution in [2.75, 3.05) is 7.11 Å². The molecule has 1 rings (SSSR count). The Morgan fingerprint density at radius 2 is 2.08 bits per heavy atom.